The van der Waals surface area contributed by atoms with Crippen LogP contribution in [0.3, 0.4) is 0 Å². The number of ether oxygens (including phenoxy) is 1. The summed E-state index contributed by atoms with van der Waals surface area (Å²) in [5.74, 6) is -0.323. The average Bonchev–Trinajstić information content (AvgIpc) is 2.53. The zero-order chi connectivity index (χ0) is 16.9. The fourth-order valence-corrected chi connectivity index (χ4v) is 2.53. The Balaban J connectivity index is 1.87. The zero-order valence-corrected chi connectivity index (χ0v) is 13.0. The molecule has 2 N–H and O–H groups in total. The summed E-state index contributed by atoms with van der Waals surface area (Å²) in [5, 5.41) is 5.98. The molecule has 0 aliphatic carbocycles. The highest BCUT2D eigenvalue weighted by Gasteiger charge is 2.34. The van der Waals surface area contributed by atoms with Crippen LogP contribution in [0.15, 0.2) is 24.3 Å². The SMILES string of the molecule is CC(COc1ccccc1C(F)(F)F)NC(=O)C1CCNCC1. The summed E-state index contributed by atoms with van der Waals surface area (Å²) >= 11 is 0. The molecule has 2 rings (SSSR count). The molecule has 0 bridgehead atoms. The van der Waals surface area contributed by atoms with E-state index in [0.717, 1.165) is 32.0 Å². The summed E-state index contributed by atoms with van der Waals surface area (Å²) in [7, 11) is 0. The normalized spacial score (nSPS) is 17.6. The van der Waals surface area contributed by atoms with Crippen LogP contribution in [-0.2, 0) is 11.0 Å². The van der Waals surface area contributed by atoms with Gasteiger partial charge in [0.1, 0.15) is 12.4 Å². The fraction of sp³-hybridized carbons (Fsp3) is 0.562. The number of carbonyl (C=O) groups excluding carboxylic acids is 1. The molecule has 1 atom stereocenters. The van der Waals surface area contributed by atoms with Gasteiger partial charge < -0.3 is 15.4 Å². The van der Waals surface area contributed by atoms with Gasteiger partial charge in [0.2, 0.25) is 5.91 Å². The lowest BCUT2D eigenvalue weighted by Crippen LogP contribution is -2.43. The summed E-state index contributed by atoms with van der Waals surface area (Å²) in [6.45, 7) is 3.32. The minimum Gasteiger partial charge on any atom is -0.491 e. The van der Waals surface area contributed by atoms with E-state index in [-0.39, 0.29) is 30.2 Å². The highest BCUT2D eigenvalue weighted by atomic mass is 19.4. The number of nitrogens with one attached hydrogen (secondary N) is 2. The van der Waals surface area contributed by atoms with Gasteiger partial charge in [0.25, 0.3) is 0 Å². The van der Waals surface area contributed by atoms with Gasteiger partial charge in [-0.15, -0.1) is 0 Å². The molecule has 128 valence electrons. The molecule has 1 amide bonds. The van der Waals surface area contributed by atoms with Crippen LogP contribution < -0.4 is 15.4 Å². The maximum Gasteiger partial charge on any atom is 0.419 e. The van der Waals surface area contributed by atoms with Crippen LogP contribution in [-0.4, -0.2) is 31.6 Å². The first-order chi connectivity index (χ1) is 10.9. The molecule has 1 aliphatic rings. The van der Waals surface area contributed by atoms with E-state index in [0.29, 0.717) is 0 Å². The molecule has 23 heavy (non-hydrogen) atoms. The van der Waals surface area contributed by atoms with E-state index in [2.05, 4.69) is 10.6 Å². The number of piperidine rings is 1. The van der Waals surface area contributed by atoms with Crippen molar-refractivity contribution in [3.8, 4) is 5.75 Å². The van der Waals surface area contributed by atoms with Crippen molar-refractivity contribution in [1.82, 2.24) is 10.6 Å². The van der Waals surface area contributed by atoms with Gasteiger partial charge in [-0.05, 0) is 45.0 Å². The number of alkyl halides is 3. The van der Waals surface area contributed by atoms with Gasteiger partial charge in [0.15, 0.2) is 0 Å². The third-order valence-electron chi connectivity index (χ3n) is 3.78. The maximum absolute atomic E-state index is 12.9. The molecule has 4 nitrogen and oxygen atoms in total. The molecule has 1 aromatic carbocycles. The van der Waals surface area contributed by atoms with Gasteiger partial charge in [-0.1, -0.05) is 12.1 Å². The van der Waals surface area contributed by atoms with Gasteiger partial charge in [0, 0.05) is 5.92 Å². The van der Waals surface area contributed by atoms with Crippen LogP contribution in [0.5, 0.6) is 5.75 Å². The number of carbonyl (C=O) groups is 1. The molecule has 0 aromatic heterocycles. The van der Waals surface area contributed by atoms with E-state index in [1.54, 1.807) is 6.92 Å². The number of hydrogen-bond donors (Lipinski definition) is 2. The first-order valence-electron chi connectivity index (χ1n) is 7.68. The molecule has 1 saturated heterocycles. The van der Waals surface area contributed by atoms with Crippen LogP contribution in [0.1, 0.15) is 25.3 Å². The standard InChI is InChI=1S/C16H21F3N2O2/c1-11(21-15(22)12-6-8-20-9-7-12)10-23-14-5-3-2-4-13(14)16(17,18)19/h2-5,11-12,20H,6-10H2,1H3,(H,21,22). The predicted molar refractivity (Wildman–Crippen MR) is 80.1 cm³/mol. The molecule has 1 fully saturated rings. The largest absolute Gasteiger partial charge is 0.491 e. The highest BCUT2D eigenvalue weighted by molar-refractivity contribution is 5.79. The van der Waals surface area contributed by atoms with Crippen molar-refractivity contribution in [2.24, 2.45) is 5.92 Å². The molecule has 0 saturated carbocycles. The highest BCUT2D eigenvalue weighted by Crippen LogP contribution is 2.35. The fourth-order valence-electron chi connectivity index (χ4n) is 2.53. The molecule has 0 radical (unpaired) electrons. The van der Waals surface area contributed by atoms with Crippen molar-refractivity contribution < 1.29 is 22.7 Å². The zero-order valence-electron chi connectivity index (χ0n) is 13.0. The topological polar surface area (TPSA) is 50.4 Å². The van der Waals surface area contributed by atoms with E-state index in [1.807, 2.05) is 0 Å². The predicted octanol–water partition coefficient (Wildman–Crippen LogP) is 2.59. The minimum atomic E-state index is -4.46. The number of hydrogen-bond acceptors (Lipinski definition) is 3. The van der Waals surface area contributed by atoms with Crippen molar-refractivity contribution in [2.45, 2.75) is 32.0 Å². The monoisotopic (exact) mass is 330 g/mol. The molecule has 1 aromatic rings. The Hall–Kier alpha value is -1.76. The third kappa shape index (κ3) is 5.13. The van der Waals surface area contributed by atoms with E-state index >= 15 is 0 Å². The molecule has 7 heteroatoms. The van der Waals surface area contributed by atoms with E-state index in [4.69, 9.17) is 4.74 Å². The minimum absolute atomic E-state index is 0.0101. The molecule has 1 unspecified atom stereocenters. The molecule has 0 spiro atoms. The lowest BCUT2D eigenvalue weighted by molar-refractivity contribution is -0.139. The average molecular weight is 330 g/mol. The van der Waals surface area contributed by atoms with E-state index < -0.39 is 11.7 Å². The van der Waals surface area contributed by atoms with E-state index in [1.165, 1.54) is 18.2 Å². The summed E-state index contributed by atoms with van der Waals surface area (Å²) in [6.07, 6.45) is -2.91. The Kier molecular flexibility index (Phi) is 5.87. The van der Waals surface area contributed by atoms with Crippen molar-refractivity contribution >= 4 is 5.91 Å². The van der Waals surface area contributed by atoms with Crippen LogP contribution in [0.4, 0.5) is 13.2 Å². The number of para-hydroxylation sites is 1. The number of rotatable bonds is 5. The first kappa shape index (κ1) is 17.6. The maximum atomic E-state index is 12.9. The summed E-state index contributed by atoms with van der Waals surface area (Å²) < 4.78 is 43.9. The smallest absolute Gasteiger partial charge is 0.419 e. The molecule has 1 aliphatic heterocycles. The second-order valence-electron chi connectivity index (χ2n) is 5.74. The lowest BCUT2D eigenvalue weighted by Gasteiger charge is -2.24. The van der Waals surface area contributed by atoms with Crippen molar-refractivity contribution in [3.05, 3.63) is 29.8 Å². The van der Waals surface area contributed by atoms with Gasteiger partial charge in [-0.2, -0.15) is 13.2 Å². The van der Waals surface area contributed by atoms with Gasteiger partial charge in [-0.3, -0.25) is 4.79 Å². The van der Waals surface area contributed by atoms with Crippen LogP contribution in [0.2, 0.25) is 0 Å². The Morgan fingerprint density at radius 3 is 2.65 bits per heavy atom. The lowest BCUT2D eigenvalue weighted by atomic mass is 9.97. The van der Waals surface area contributed by atoms with Crippen molar-refractivity contribution in [2.75, 3.05) is 19.7 Å². The number of benzene rings is 1. The first-order valence-corrected chi connectivity index (χ1v) is 7.68. The molecular weight excluding hydrogens is 309 g/mol. The Bertz CT molecular complexity index is 528. The quantitative estimate of drug-likeness (QED) is 0.872. The number of amides is 1. The number of halogens is 3. The van der Waals surface area contributed by atoms with Gasteiger partial charge in [-0.25, -0.2) is 0 Å². The Morgan fingerprint density at radius 1 is 1.35 bits per heavy atom. The molecular formula is C16H21F3N2O2. The second-order valence-corrected chi connectivity index (χ2v) is 5.74. The summed E-state index contributed by atoms with van der Waals surface area (Å²) in [5.41, 5.74) is -0.808. The Labute approximate surface area is 133 Å². The summed E-state index contributed by atoms with van der Waals surface area (Å²) in [4.78, 5) is 12.1. The van der Waals surface area contributed by atoms with Crippen LogP contribution >= 0.6 is 0 Å². The molecule has 1 heterocycles. The van der Waals surface area contributed by atoms with E-state index in [9.17, 15) is 18.0 Å². The van der Waals surface area contributed by atoms with Gasteiger partial charge in [0.05, 0.1) is 11.6 Å². The Morgan fingerprint density at radius 2 is 2.00 bits per heavy atom. The van der Waals surface area contributed by atoms with Gasteiger partial charge >= 0.3 is 6.18 Å². The van der Waals surface area contributed by atoms with Crippen LogP contribution in [0.25, 0.3) is 0 Å². The second kappa shape index (κ2) is 7.68. The van der Waals surface area contributed by atoms with Crippen molar-refractivity contribution in [1.29, 1.82) is 0 Å². The van der Waals surface area contributed by atoms with Crippen molar-refractivity contribution in [3.63, 3.8) is 0 Å². The summed E-state index contributed by atoms with van der Waals surface area (Å²) in [6, 6.07) is 4.71. The van der Waals surface area contributed by atoms with Crippen LogP contribution in [0, 0.1) is 5.92 Å². The third-order valence-corrected chi connectivity index (χ3v) is 3.78.